The van der Waals surface area contributed by atoms with Crippen LogP contribution in [0.1, 0.15) is 52.5 Å². The number of carbonyl (C=O) groups excluding carboxylic acids is 2. The van der Waals surface area contributed by atoms with Gasteiger partial charge in [-0.2, -0.15) is 0 Å². The maximum Gasteiger partial charge on any atom is 0.338 e. The Morgan fingerprint density at radius 3 is 2.26 bits per heavy atom. The average Bonchev–Trinajstić information content (AvgIpc) is 3.64. The number of aromatic nitrogens is 2. The average molecular weight is 702 g/mol. The van der Waals surface area contributed by atoms with Crippen molar-refractivity contribution in [2.45, 2.75) is 26.4 Å². The molecular formula is C40H32ClN3O5S. The Balaban J connectivity index is 1.37. The summed E-state index contributed by atoms with van der Waals surface area (Å²) in [7, 11) is 0. The molecule has 1 aliphatic rings. The topological polar surface area (TPSA) is 91.9 Å². The minimum absolute atomic E-state index is 0.168. The van der Waals surface area contributed by atoms with Crippen LogP contribution in [0.15, 0.2) is 125 Å². The van der Waals surface area contributed by atoms with Gasteiger partial charge >= 0.3 is 11.9 Å². The third-order valence-electron chi connectivity index (χ3n) is 8.48. The minimum atomic E-state index is -0.793. The lowest BCUT2D eigenvalue weighted by Crippen LogP contribution is -2.40. The van der Waals surface area contributed by atoms with Gasteiger partial charge in [-0.1, -0.05) is 95.7 Å². The highest BCUT2D eigenvalue weighted by Gasteiger charge is 2.35. The molecule has 8 nitrogen and oxygen atoms in total. The largest absolute Gasteiger partial charge is 0.463 e. The third-order valence-corrected chi connectivity index (χ3v) is 9.72. The minimum Gasteiger partial charge on any atom is -0.463 e. The van der Waals surface area contributed by atoms with Gasteiger partial charge < -0.3 is 14.0 Å². The number of fused-ring (bicyclic) bond motifs is 2. The van der Waals surface area contributed by atoms with Crippen LogP contribution in [0.4, 0.5) is 0 Å². The van der Waals surface area contributed by atoms with E-state index in [-0.39, 0.29) is 23.7 Å². The van der Waals surface area contributed by atoms with Crippen molar-refractivity contribution in [2.24, 2.45) is 4.99 Å². The van der Waals surface area contributed by atoms with Crippen LogP contribution in [-0.4, -0.2) is 34.3 Å². The number of halogens is 1. The lowest BCUT2D eigenvalue weighted by Gasteiger charge is -2.25. The Morgan fingerprint density at radius 1 is 0.860 bits per heavy atom. The second-order valence-corrected chi connectivity index (χ2v) is 13.1. The van der Waals surface area contributed by atoms with Crippen molar-refractivity contribution in [3.05, 3.63) is 167 Å². The van der Waals surface area contributed by atoms with Crippen molar-refractivity contribution in [1.29, 1.82) is 0 Å². The number of benzene rings is 4. The summed E-state index contributed by atoms with van der Waals surface area (Å²) in [6.45, 7) is 4.58. The molecule has 6 aromatic rings. The number of carbonyl (C=O) groups is 2. The lowest BCUT2D eigenvalue weighted by molar-refractivity contribution is -0.138. The highest BCUT2D eigenvalue weighted by molar-refractivity contribution is 7.07. The molecule has 0 N–H and O–H groups in total. The van der Waals surface area contributed by atoms with E-state index in [2.05, 4.69) is 4.57 Å². The van der Waals surface area contributed by atoms with Crippen LogP contribution in [0.25, 0.3) is 22.7 Å². The number of hydrogen-bond acceptors (Lipinski definition) is 7. The molecule has 7 rings (SSSR count). The van der Waals surface area contributed by atoms with Crippen LogP contribution in [0.2, 0.25) is 5.02 Å². The molecular weight excluding hydrogens is 670 g/mol. The van der Waals surface area contributed by atoms with Crippen LogP contribution in [0.3, 0.4) is 0 Å². The molecule has 1 aliphatic heterocycles. The molecule has 0 radical (unpaired) electrons. The van der Waals surface area contributed by atoms with E-state index in [0.717, 1.165) is 27.6 Å². The van der Waals surface area contributed by atoms with Gasteiger partial charge in [-0.3, -0.25) is 9.36 Å². The first-order valence-electron chi connectivity index (χ1n) is 16.2. The molecule has 0 saturated heterocycles. The van der Waals surface area contributed by atoms with Crippen molar-refractivity contribution in [2.75, 3.05) is 13.2 Å². The van der Waals surface area contributed by atoms with Gasteiger partial charge in [-0.25, -0.2) is 14.6 Å². The van der Waals surface area contributed by atoms with Crippen LogP contribution in [0.5, 0.6) is 0 Å². The standard InChI is InChI=1S/C40H32ClN3O5S/c1-3-48-38(46)28-16-14-25(15-17-28)23-43-24-29(31-12-8-9-13-32(31)43)22-33-37(45)44-36(27-18-20-30(41)21-19-27)34(39(47)49-4-2)35(42-40(44)50-33)26-10-6-5-7-11-26/h5-22,24,36H,3-4,23H2,1-2H3/b33-22-/t36-/m1/s1. The molecule has 1 atom stereocenters. The molecule has 50 heavy (non-hydrogen) atoms. The number of ether oxygens (including phenoxy) is 2. The lowest BCUT2D eigenvalue weighted by atomic mass is 9.93. The molecule has 0 unspecified atom stereocenters. The fraction of sp³-hybridized carbons (Fsp3) is 0.150. The van der Waals surface area contributed by atoms with Gasteiger partial charge in [0.05, 0.1) is 40.6 Å². The molecule has 0 amide bonds. The van der Waals surface area contributed by atoms with Crippen molar-refractivity contribution < 1.29 is 19.1 Å². The summed E-state index contributed by atoms with van der Waals surface area (Å²) in [5, 5.41) is 1.52. The van der Waals surface area contributed by atoms with Gasteiger partial charge in [0.2, 0.25) is 0 Å². The number of hydrogen-bond donors (Lipinski definition) is 0. The number of nitrogens with zero attached hydrogens (tertiary/aromatic N) is 3. The second kappa shape index (κ2) is 14.2. The monoisotopic (exact) mass is 701 g/mol. The summed E-state index contributed by atoms with van der Waals surface area (Å²) in [4.78, 5) is 45.7. The highest BCUT2D eigenvalue weighted by atomic mass is 35.5. The number of esters is 2. The maximum absolute atomic E-state index is 14.4. The Morgan fingerprint density at radius 2 is 1.54 bits per heavy atom. The number of thiazole rings is 1. The van der Waals surface area contributed by atoms with E-state index in [9.17, 15) is 14.4 Å². The normalized spacial score (nSPS) is 14.4. The zero-order valence-corrected chi connectivity index (χ0v) is 28.9. The van der Waals surface area contributed by atoms with Crippen molar-refractivity contribution in [3.8, 4) is 0 Å². The van der Waals surface area contributed by atoms with Crippen molar-refractivity contribution in [1.82, 2.24) is 9.13 Å². The SMILES string of the molecule is CCOC(=O)C1=C(c2ccccc2)N=c2s/c(=C\c3cn(Cc4ccc(C(=O)OCC)cc4)c4ccccc34)c(=O)n2[C@@H]1c1ccc(Cl)cc1. The van der Waals surface area contributed by atoms with Gasteiger partial charge in [0.15, 0.2) is 4.80 Å². The van der Waals surface area contributed by atoms with Crippen LogP contribution in [0, 0.1) is 0 Å². The molecule has 0 spiro atoms. The molecule has 4 aromatic carbocycles. The van der Waals surface area contributed by atoms with E-state index >= 15 is 0 Å². The molecule has 10 heteroatoms. The van der Waals surface area contributed by atoms with Gasteiger partial charge in [-0.05, 0) is 61.4 Å². The maximum atomic E-state index is 14.4. The zero-order chi connectivity index (χ0) is 34.8. The zero-order valence-electron chi connectivity index (χ0n) is 27.3. The molecule has 0 fully saturated rings. The fourth-order valence-corrected chi connectivity index (χ4v) is 7.34. The van der Waals surface area contributed by atoms with Gasteiger partial charge in [0.1, 0.15) is 0 Å². The molecule has 2 aromatic heterocycles. The van der Waals surface area contributed by atoms with E-state index in [0.29, 0.717) is 44.3 Å². The summed E-state index contributed by atoms with van der Waals surface area (Å²) in [6.07, 6.45) is 3.92. The predicted octanol–water partition coefficient (Wildman–Crippen LogP) is 6.77. The van der Waals surface area contributed by atoms with Crippen LogP contribution in [-0.2, 0) is 20.8 Å². The summed E-state index contributed by atoms with van der Waals surface area (Å²) in [5.74, 6) is -0.888. The first kappa shape index (κ1) is 33.0. The van der Waals surface area contributed by atoms with Crippen LogP contribution >= 0.6 is 22.9 Å². The summed E-state index contributed by atoms with van der Waals surface area (Å²) in [5.41, 5.74) is 5.29. The molecule has 0 saturated carbocycles. The van der Waals surface area contributed by atoms with Gasteiger partial charge in [-0.15, -0.1) is 0 Å². The van der Waals surface area contributed by atoms with E-state index in [1.807, 2.05) is 91.1 Å². The van der Waals surface area contributed by atoms with Gasteiger partial charge in [0, 0.05) is 39.8 Å². The predicted molar refractivity (Wildman–Crippen MR) is 196 cm³/mol. The quantitative estimate of drug-likeness (QED) is 0.155. The summed E-state index contributed by atoms with van der Waals surface area (Å²) in [6, 6.07) is 31.2. The first-order valence-corrected chi connectivity index (χ1v) is 17.4. The van der Waals surface area contributed by atoms with Crippen molar-refractivity contribution >= 4 is 57.6 Å². The highest BCUT2D eigenvalue weighted by Crippen LogP contribution is 2.35. The number of para-hydroxylation sites is 1. The summed E-state index contributed by atoms with van der Waals surface area (Å²) < 4.78 is 14.9. The van der Waals surface area contributed by atoms with Crippen molar-refractivity contribution in [3.63, 3.8) is 0 Å². The number of rotatable bonds is 9. The smallest absolute Gasteiger partial charge is 0.338 e. The Kier molecular flexibility index (Phi) is 9.34. The van der Waals surface area contributed by atoms with E-state index in [1.54, 1.807) is 42.7 Å². The second-order valence-electron chi connectivity index (χ2n) is 11.6. The third kappa shape index (κ3) is 6.33. The van der Waals surface area contributed by atoms with Crippen LogP contribution < -0.4 is 14.9 Å². The van der Waals surface area contributed by atoms with E-state index < -0.39 is 12.0 Å². The Bertz CT molecular complexity index is 2440. The molecule has 3 heterocycles. The summed E-state index contributed by atoms with van der Waals surface area (Å²) >= 11 is 7.54. The van der Waals surface area contributed by atoms with Gasteiger partial charge in [0.25, 0.3) is 5.56 Å². The molecule has 250 valence electrons. The molecule has 0 aliphatic carbocycles. The Labute approximate surface area is 296 Å². The Hall–Kier alpha value is -5.51. The first-order chi connectivity index (χ1) is 24.4. The fourth-order valence-electron chi connectivity index (χ4n) is 6.22. The van der Waals surface area contributed by atoms with E-state index in [4.69, 9.17) is 26.1 Å². The van der Waals surface area contributed by atoms with E-state index in [1.165, 1.54) is 11.3 Å². The molecule has 0 bridgehead atoms.